The van der Waals surface area contributed by atoms with Crippen molar-refractivity contribution in [1.29, 1.82) is 0 Å². The van der Waals surface area contributed by atoms with Crippen molar-refractivity contribution in [2.45, 2.75) is 0 Å². The number of amides is 2. The van der Waals surface area contributed by atoms with E-state index in [4.69, 9.17) is 0 Å². The van der Waals surface area contributed by atoms with Crippen LogP contribution >= 0.6 is 11.3 Å². The second kappa shape index (κ2) is 6.57. The molecule has 19 heavy (non-hydrogen) atoms. The lowest BCUT2D eigenvalue weighted by Gasteiger charge is -2.01. The maximum Gasteiger partial charge on any atom is 0.320 e. The van der Waals surface area contributed by atoms with Crippen molar-refractivity contribution in [3.05, 3.63) is 53.2 Å². The Bertz CT molecular complexity index is 597. The molecule has 0 fully saturated rings. The highest BCUT2D eigenvalue weighted by molar-refractivity contribution is 7.14. The molecule has 0 atom stereocenters. The van der Waals surface area contributed by atoms with Gasteiger partial charge in [-0.3, -0.25) is 5.32 Å². The number of benzene rings is 1. The van der Waals surface area contributed by atoms with Gasteiger partial charge in [-0.15, -0.1) is 11.3 Å². The Hall–Kier alpha value is -2.32. The van der Waals surface area contributed by atoms with Gasteiger partial charge in [0.1, 0.15) is 5.82 Å². The predicted octanol–water partition coefficient (Wildman–Crippen LogP) is 3.06. The largest absolute Gasteiger partial charge is 0.327 e. The topological polar surface area (TPSA) is 41.1 Å². The number of carbonyl (C=O) groups is 1. The lowest BCUT2D eigenvalue weighted by Crippen LogP contribution is -2.28. The first kappa shape index (κ1) is 13.1. The Morgan fingerprint density at radius 2 is 2.05 bits per heavy atom. The highest BCUT2D eigenvalue weighted by atomic mass is 32.1. The number of urea groups is 1. The molecule has 0 saturated carbocycles. The Morgan fingerprint density at radius 1 is 1.26 bits per heavy atom. The molecule has 96 valence electrons. The molecule has 0 aliphatic rings. The molecule has 2 rings (SSSR count). The molecule has 1 aromatic carbocycles. The third-order valence-electron chi connectivity index (χ3n) is 2.17. The number of rotatable bonds is 2. The fourth-order valence-electron chi connectivity index (χ4n) is 1.31. The first-order chi connectivity index (χ1) is 9.24. The molecule has 0 aliphatic carbocycles. The summed E-state index contributed by atoms with van der Waals surface area (Å²) in [7, 11) is 0. The molecule has 0 spiro atoms. The van der Waals surface area contributed by atoms with Crippen LogP contribution in [0.15, 0.2) is 41.8 Å². The SMILES string of the molecule is O=C(NCC#Cc1ccc(F)cc1)Nc1cccs1. The minimum absolute atomic E-state index is 0.231. The number of hydrogen-bond acceptors (Lipinski definition) is 2. The van der Waals surface area contributed by atoms with E-state index in [1.165, 1.54) is 23.5 Å². The number of halogens is 1. The van der Waals surface area contributed by atoms with Gasteiger partial charge in [-0.2, -0.15) is 0 Å². The summed E-state index contributed by atoms with van der Waals surface area (Å²) in [6.07, 6.45) is 0. The Kier molecular flexibility index (Phi) is 4.54. The second-order valence-electron chi connectivity index (χ2n) is 3.59. The molecular formula is C14H11FN2OS. The fraction of sp³-hybridized carbons (Fsp3) is 0.0714. The van der Waals surface area contributed by atoms with Crippen molar-refractivity contribution in [2.24, 2.45) is 0 Å². The molecule has 0 aliphatic heterocycles. The molecular weight excluding hydrogens is 263 g/mol. The van der Waals surface area contributed by atoms with Gasteiger partial charge >= 0.3 is 6.03 Å². The summed E-state index contributed by atoms with van der Waals surface area (Å²) in [5, 5.41) is 7.95. The van der Waals surface area contributed by atoms with Crippen molar-refractivity contribution in [3.8, 4) is 11.8 Å². The summed E-state index contributed by atoms with van der Waals surface area (Å²) in [5.41, 5.74) is 0.710. The number of carbonyl (C=O) groups excluding carboxylic acids is 1. The van der Waals surface area contributed by atoms with Crippen molar-refractivity contribution in [2.75, 3.05) is 11.9 Å². The van der Waals surface area contributed by atoms with Crippen LogP contribution in [-0.4, -0.2) is 12.6 Å². The lowest BCUT2D eigenvalue weighted by atomic mass is 10.2. The van der Waals surface area contributed by atoms with Gasteiger partial charge in [0.25, 0.3) is 0 Å². The number of thiophene rings is 1. The molecule has 0 saturated heterocycles. The Labute approximate surface area is 114 Å². The van der Waals surface area contributed by atoms with Crippen molar-refractivity contribution < 1.29 is 9.18 Å². The molecule has 2 aromatic rings. The van der Waals surface area contributed by atoms with Crippen molar-refractivity contribution in [1.82, 2.24) is 5.32 Å². The number of nitrogens with one attached hydrogen (secondary N) is 2. The van der Waals surface area contributed by atoms with Crippen LogP contribution in [0.25, 0.3) is 0 Å². The predicted molar refractivity (Wildman–Crippen MR) is 74.6 cm³/mol. The van der Waals surface area contributed by atoms with Crippen LogP contribution in [0.2, 0.25) is 0 Å². The van der Waals surface area contributed by atoms with Crippen LogP contribution < -0.4 is 10.6 Å². The smallest absolute Gasteiger partial charge is 0.320 e. The van der Waals surface area contributed by atoms with E-state index in [0.717, 1.165) is 5.00 Å². The van der Waals surface area contributed by atoms with E-state index >= 15 is 0 Å². The summed E-state index contributed by atoms with van der Waals surface area (Å²) in [4.78, 5) is 11.4. The molecule has 1 heterocycles. The van der Waals surface area contributed by atoms with Crippen LogP contribution in [0.5, 0.6) is 0 Å². The second-order valence-corrected chi connectivity index (χ2v) is 4.54. The van der Waals surface area contributed by atoms with Crippen LogP contribution in [0.3, 0.4) is 0 Å². The maximum atomic E-state index is 12.6. The average Bonchev–Trinajstić information content (AvgIpc) is 2.89. The Balaban J connectivity index is 1.77. The number of anilines is 1. The van der Waals surface area contributed by atoms with E-state index in [1.807, 2.05) is 17.5 Å². The zero-order chi connectivity index (χ0) is 13.5. The monoisotopic (exact) mass is 274 g/mol. The lowest BCUT2D eigenvalue weighted by molar-refractivity contribution is 0.253. The van der Waals surface area contributed by atoms with Gasteiger partial charge in [0, 0.05) is 5.56 Å². The fourth-order valence-corrected chi connectivity index (χ4v) is 1.92. The van der Waals surface area contributed by atoms with Crippen molar-refractivity contribution >= 4 is 22.4 Å². The zero-order valence-corrected chi connectivity index (χ0v) is 10.8. The summed E-state index contributed by atoms with van der Waals surface area (Å²) in [6, 6.07) is 9.25. The number of hydrogen-bond donors (Lipinski definition) is 2. The van der Waals surface area contributed by atoms with E-state index in [-0.39, 0.29) is 18.4 Å². The molecule has 0 radical (unpaired) electrons. The van der Waals surface area contributed by atoms with Crippen LogP contribution in [0, 0.1) is 17.7 Å². The summed E-state index contributed by atoms with van der Waals surface area (Å²) in [5.74, 6) is 5.33. The van der Waals surface area contributed by atoms with E-state index in [9.17, 15) is 9.18 Å². The van der Waals surface area contributed by atoms with Gasteiger partial charge in [-0.1, -0.05) is 11.8 Å². The highest BCUT2D eigenvalue weighted by Gasteiger charge is 1.99. The minimum atomic E-state index is -0.296. The van der Waals surface area contributed by atoms with Crippen LogP contribution in [-0.2, 0) is 0 Å². The van der Waals surface area contributed by atoms with Crippen LogP contribution in [0.1, 0.15) is 5.56 Å². The summed E-state index contributed by atoms with van der Waals surface area (Å²) in [6.45, 7) is 0.231. The Morgan fingerprint density at radius 3 is 2.74 bits per heavy atom. The van der Waals surface area contributed by atoms with Gasteiger partial charge in [0.05, 0.1) is 11.5 Å². The summed E-state index contributed by atoms with van der Waals surface area (Å²) >= 11 is 1.45. The van der Waals surface area contributed by atoms with Gasteiger partial charge in [-0.25, -0.2) is 9.18 Å². The standard InChI is InChI=1S/C14H11FN2OS/c15-12-7-5-11(6-8-12)3-1-9-16-14(18)17-13-4-2-10-19-13/h2,4-8,10H,9H2,(H2,16,17,18). The van der Waals surface area contributed by atoms with Crippen LogP contribution in [0.4, 0.5) is 14.2 Å². The first-order valence-electron chi connectivity index (χ1n) is 5.57. The zero-order valence-electron chi connectivity index (χ0n) is 9.94. The average molecular weight is 274 g/mol. The third-order valence-corrected chi connectivity index (χ3v) is 2.96. The van der Waals surface area contributed by atoms with Gasteiger partial charge in [-0.05, 0) is 41.8 Å². The highest BCUT2D eigenvalue weighted by Crippen LogP contribution is 2.14. The molecule has 3 nitrogen and oxygen atoms in total. The van der Waals surface area contributed by atoms with Crippen molar-refractivity contribution in [3.63, 3.8) is 0 Å². The van der Waals surface area contributed by atoms with E-state index in [0.29, 0.717) is 5.56 Å². The van der Waals surface area contributed by atoms with Gasteiger partial charge in [0.15, 0.2) is 0 Å². The quantitative estimate of drug-likeness (QED) is 0.812. The third kappa shape index (κ3) is 4.45. The minimum Gasteiger partial charge on any atom is -0.327 e. The molecule has 0 bridgehead atoms. The molecule has 2 amide bonds. The maximum absolute atomic E-state index is 12.6. The molecule has 0 unspecified atom stereocenters. The van der Waals surface area contributed by atoms with Gasteiger partial charge < -0.3 is 5.32 Å². The van der Waals surface area contributed by atoms with Gasteiger partial charge in [0.2, 0.25) is 0 Å². The van der Waals surface area contributed by atoms with E-state index in [1.54, 1.807) is 12.1 Å². The first-order valence-corrected chi connectivity index (χ1v) is 6.45. The summed E-state index contributed by atoms with van der Waals surface area (Å²) < 4.78 is 12.6. The molecule has 5 heteroatoms. The normalized spacial score (nSPS) is 9.32. The van der Waals surface area contributed by atoms with E-state index < -0.39 is 0 Å². The molecule has 1 aromatic heterocycles. The molecule has 2 N–H and O–H groups in total. The van der Waals surface area contributed by atoms with E-state index in [2.05, 4.69) is 22.5 Å².